The Hall–Kier alpha value is -2.81. The number of hydrogen-bond acceptors (Lipinski definition) is 2. The van der Waals surface area contributed by atoms with Crippen LogP contribution in [-0.4, -0.2) is 14.7 Å². The highest BCUT2D eigenvalue weighted by Crippen LogP contribution is 2.33. The van der Waals surface area contributed by atoms with E-state index in [2.05, 4.69) is 41.0 Å². The molecule has 1 aliphatic rings. The Morgan fingerprint density at radius 1 is 0.833 bits per heavy atom. The number of para-hydroxylation sites is 1. The van der Waals surface area contributed by atoms with Crippen LogP contribution in [0.5, 0.6) is 5.75 Å². The molecule has 118 valence electrons. The summed E-state index contributed by atoms with van der Waals surface area (Å²) in [5.41, 5.74) is 4.74. The number of hydrogen-bond donors (Lipinski definition) is 1. The van der Waals surface area contributed by atoms with Crippen LogP contribution in [0.4, 0.5) is 0 Å². The second-order valence-electron chi connectivity index (χ2n) is 6.54. The molecule has 0 fully saturated rings. The first-order valence-electron chi connectivity index (χ1n) is 8.52. The quantitative estimate of drug-likeness (QED) is 0.550. The van der Waals surface area contributed by atoms with Gasteiger partial charge >= 0.3 is 0 Å². The standard InChI is InChI=1S/C21H18N2O/c24-15-10-11-17-16-6-2-4-8-19(16)23(20(17)13-15)21-12-9-14-5-1-3-7-18(14)22-21/h2,4,6,8-13,24H,1,3,5,7H2. The van der Waals surface area contributed by atoms with E-state index >= 15 is 0 Å². The van der Waals surface area contributed by atoms with Crippen LogP contribution >= 0.6 is 0 Å². The van der Waals surface area contributed by atoms with Gasteiger partial charge in [-0.15, -0.1) is 0 Å². The molecule has 5 rings (SSSR count). The van der Waals surface area contributed by atoms with Crippen molar-refractivity contribution in [2.45, 2.75) is 25.7 Å². The van der Waals surface area contributed by atoms with Gasteiger partial charge in [0, 0.05) is 22.5 Å². The van der Waals surface area contributed by atoms with Gasteiger partial charge in [-0.25, -0.2) is 4.98 Å². The van der Waals surface area contributed by atoms with E-state index in [1.165, 1.54) is 29.5 Å². The largest absolute Gasteiger partial charge is 0.508 e. The predicted octanol–water partition coefficient (Wildman–Crippen LogP) is 4.76. The number of rotatable bonds is 1. The summed E-state index contributed by atoms with van der Waals surface area (Å²) in [5.74, 6) is 1.22. The van der Waals surface area contributed by atoms with Crippen LogP contribution in [0.3, 0.4) is 0 Å². The lowest BCUT2D eigenvalue weighted by Gasteiger charge is -2.16. The average molecular weight is 314 g/mol. The summed E-state index contributed by atoms with van der Waals surface area (Å²) in [4.78, 5) is 4.97. The minimum absolute atomic E-state index is 0.282. The highest BCUT2D eigenvalue weighted by molar-refractivity contribution is 6.09. The Labute approximate surface area is 140 Å². The Morgan fingerprint density at radius 3 is 2.62 bits per heavy atom. The summed E-state index contributed by atoms with van der Waals surface area (Å²) in [7, 11) is 0. The van der Waals surface area contributed by atoms with Crippen molar-refractivity contribution in [2.75, 3.05) is 0 Å². The number of pyridine rings is 1. The van der Waals surface area contributed by atoms with Gasteiger partial charge in [0.1, 0.15) is 11.6 Å². The van der Waals surface area contributed by atoms with Crippen LogP contribution in [0.2, 0.25) is 0 Å². The van der Waals surface area contributed by atoms with E-state index in [1.807, 2.05) is 12.1 Å². The molecule has 2 aromatic heterocycles. The van der Waals surface area contributed by atoms with E-state index in [0.717, 1.165) is 35.1 Å². The zero-order chi connectivity index (χ0) is 16.1. The molecule has 0 radical (unpaired) electrons. The molecule has 1 aliphatic carbocycles. The third-order valence-corrected chi connectivity index (χ3v) is 5.05. The minimum atomic E-state index is 0.282. The number of aromatic hydroxyl groups is 1. The Kier molecular flexibility index (Phi) is 2.89. The first-order chi connectivity index (χ1) is 11.8. The molecule has 0 saturated carbocycles. The number of benzene rings is 2. The molecule has 4 aromatic rings. The molecule has 3 heteroatoms. The number of phenolic OH excluding ortho intramolecular Hbond substituents is 1. The van der Waals surface area contributed by atoms with Crippen LogP contribution in [0, 0.1) is 0 Å². The van der Waals surface area contributed by atoms with E-state index in [0.29, 0.717) is 0 Å². The maximum Gasteiger partial charge on any atom is 0.137 e. The van der Waals surface area contributed by atoms with Gasteiger partial charge in [-0.2, -0.15) is 0 Å². The lowest BCUT2D eigenvalue weighted by molar-refractivity contribution is 0.476. The molecule has 2 heterocycles. The summed E-state index contributed by atoms with van der Waals surface area (Å²) >= 11 is 0. The number of aromatic nitrogens is 2. The molecule has 0 atom stereocenters. The lowest BCUT2D eigenvalue weighted by atomic mass is 9.96. The highest BCUT2D eigenvalue weighted by atomic mass is 16.3. The first-order valence-corrected chi connectivity index (χ1v) is 8.52. The van der Waals surface area contributed by atoms with Crippen molar-refractivity contribution in [3.8, 4) is 11.6 Å². The van der Waals surface area contributed by atoms with Gasteiger partial charge in [-0.05, 0) is 55.5 Å². The zero-order valence-electron chi connectivity index (χ0n) is 13.4. The minimum Gasteiger partial charge on any atom is -0.508 e. The molecule has 0 unspecified atom stereocenters. The molecule has 1 N–H and O–H groups in total. The van der Waals surface area contributed by atoms with E-state index in [-0.39, 0.29) is 5.75 Å². The maximum atomic E-state index is 9.99. The van der Waals surface area contributed by atoms with Crippen LogP contribution in [-0.2, 0) is 12.8 Å². The molecule has 24 heavy (non-hydrogen) atoms. The molecular formula is C21H18N2O. The van der Waals surface area contributed by atoms with Gasteiger partial charge in [0.2, 0.25) is 0 Å². The third kappa shape index (κ3) is 1.94. The fraction of sp³-hybridized carbons (Fsp3) is 0.190. The molecule has 0 aliphatic heterocycles. The summed E-state index contributed by atoms with van der Waals surface area (Å²) in [6, 6.07) is 18.3. The Balaban J connectivity index is 1.86. The molecule has 0 spiro atoms. The van der Waals surface area contributed by atoms with Gasteiger partial charge in [-0.1, -0.05) is 24.3 Å². The van der Waals surface area contributed by atoms with Crippen molar-refractivity contribution >= 4 is 21.8 Å². The third-order valence-electron chi connectivity index (χ3n) is 5.05. The van der Waals surface area contributed by atoms with Crippen molar-refractivity contribution in [1.82, 2.24) is 9.55 Å². The first kappa shape index (κ1) is 13.6. The second-order valence-corrected chi connectivity index (χ2v) is 6.54. The van der Waals surface area contributed by atoms with Crippen molar-refractivity contribution in [3.63, 3.8) is 0 Å². The van der Waals surface area contributed by atoms with Crippen LogP contribution in [0.1, 0.15) is 24.1 Å². The van der Waals surface area contributed by atoms with Gasteiger partial charge in [0.15, 0.2) is 0 Å². The fourth-order valence-corrected chi connectivity index (χ4v) is 3.90. The Morgan fingerprint density at radius 2 is 1.67 bits per heavy atom. The number of fused-ring (bicyclic) bond motifs is 4. The molecule has 0 amide bonds. The summed E-state index contributed by atoms with van der Waals surface area (Å²) in [6.45, 7) is 0. The van der Waals surface area contributed by atoms with Crippen molar-refractivity contribution in [2.24, 2.45) is 0 Å². The van der Waals surface area contributed by atoms with Crippen molar-refractivity contribution in [1.29, 1.82) is 0 Å². The topological polar surface area (TPSA) is 38.0 Å². The summed E-state index contributed by atoms with van der Waals surface area (Å²) in [5, 5.41) is 12.3. The van der Waals surface area contributed by atoms with Gasteiger partial charge < -0.3 is 5.11 Å². The van der Waals surface area contributed by atoms with E-state index < -0.39 is 0 Å². The summed E-state index contributed by atoms with van der Waals surface area (Å²) < 4.78 is 2.17. The van der Waals surface area contributed by atoms with Crippen LogP contribution in [0.25, 0.3) is 27.6 Å². The number of aryl methyl sites for hydroxylation is 2. The molecular weight excluding hydrogens is 296 g/mol. The average Bonchev–Trinajstić information content (AvgIpc) is 2.94. The lowest BCUT2D eigenvalue weighted by Crippen LogP contribution is -2.08. The van der Waals surface area contributed by atoms with Crippen LogP contribution in [0.15, 0.2) is 54.6 Å². The number of nitrogens with zero attached hydrogens (tertiary/aromatic N) is 2. The smallest absolute Gasteiger partial charge is 0.137 e. The summed E-state index contributed by atoms with van der Waals surface area (Å²) in [6.07, 6.45) is 4.68. The monoisotopic (exact) mass is 314 g/mol. The molecule has 0 bridgehead atoms. The predicted molar refractivity (Wildman–Crippen MR) is 96.9 cm³/mol. The van der Waals surface area contributed by atoms with E-state index in [1.54, 1.807) is 6.07 Å². The molecule has 0 saturated heterocycles. The van der Waals surface area contributed by atoms with Crippen molar-refractivity contribution in [3.05, 3.63) is 65.9 Å². The molecule has 2 aromatic carbocycles. The highest BCUT2D eigenvalue weighted by Gasteiger charge is 2.16. The zero-order valence-corrected chi connectivity index (χ0v) is 13.4. The van der Waals surface area contributed by atoms with Gasteiger partial charge in [-0.3, -0.25) is 4.57 Å². The van der Waals surface area contributed by atoms with Gasteiger partial charge in [0.25, 0.3) is 0 Å². The van der Waals surface area contributed by atoms with Gasteiger partial charge in [0.05, 0.1) is 11.0 Å². The SMILES string of the molecule is Oc1ccc2c3ccccc3n(-c3ccc4c(n3)CCCC4)c2c1. The van der Waals surface area contributed by atoms with E-state index in [9.17, 15) is 5.11 Å². The second kappa shape index (κ2) is 5.10. The van der Waals surface area contributed by atoms with Crippen molar-refractivity contribution < 1.29 is 5.11 Å². The maximum absolute atomic E-state index is 9.99. The fourth-order valence-electron chi connectivity index (χ4n) is 3.90. The van der Waals surface area contributed by atoms with Crippen LogP contribution < -0.4 is 0 Å². The molecule has 3 nitrogen and oxygen atoms in total. The normalized spacial score (nSPS) is 14.2. The van der Waals surface area contributed by atoms with E-state index in [4.69, 9.17) is 4.98 Å². The number of phenols is 1. The Bertz CT molecular complexity index is 1080.